The number of methoxy groups -OCH3 is 5. The normalized spacial score (nSPS) is 10.3. The smallest absolute Gasteiger partial charge is 0.255 e. The van der Waals surface area contributed by atoms with Gasteiger partial charge in [-0.1, -0.05) is 12.1 Å². The molecule has 0 aromatic heterocycles. The molecule has 0 aliphatic rings. The summed E-state index contributed by atoms with van der Waals surface area (Å²) in [7, 11) is 7.81. The molecule has 2 N–H and O–H groups in total. The number of ether oxygens (including phenoxy) is 5. The maximum atomic E-state index is 12.9. The van der Waals surface area contributed by atoms with Gasteiger partial charge in [-0.05, 0) is 66.4 Å². The van der Waals surface area contributed by atoms with Crippen LogP contribution in [-0.2, 0) is 12.8 Å². The summed E-state index contributed by atoms with van der Waals surface area (Å²) in [5, 5.41) is 5.79. The Kier molecular flexibility index (Phi) is 10.2. The van der Waals surface area contributed by atoms with Crippen molar-refractivity contribution in [3.8, 4) is 28.7 Å². The first-order chi connectivity index (χ1) is 18.4. The van der Waals surface area contributed by atoms with Gasteiger partial charge in [0.05, 0.1) is 41.1 Å². The minimum Gasteiger partial charge on any atom is -0.496 e. The van der Waals surface area contributed by atoms with Crippen molar-refractivity contribution >= 4 is 11.8 Å². The molecule has 0 aliphatic carbocycles. The second-order valence-corrected chi connectivity index (χ2v) is 8.31. The maximum absolute atomic E-state index is 12.9. The molecule has 3 aromatic rings. The third kappa shape index (κ3) is 7.09. The number of hydrogen-bond donors (Lipinski definition) is 2. The summed E-state index contributed by atoms with van der Waals surface area (Å²) in [5.41, 5.74) is 2.63. The highest BCUT2D eigenvalue weighted by molar-refractivity contribution is 6.01. The first kappa shape index (κ1) is 28.2. The van der Waals surface area contributed by atoms with E-state index in [4.69, 9.17) is 23.7 Å². The van der Waals surface area contributed by atoms with E-state index in [0.717, 1.165) is 11.1 Å². The van der Waals surface area contributed by atoms with Crippen LogP contribution in [0.5, 0.6) is 28.7 Å². The number of benzene rings is 3. The highest BCUT2D eigenvalue weighted by Crippen LogP contribution is 2.28. The molecule has 9 nitrogen and oxygen atoms in total. The minimum absolute atomic E-state index is 0.285. The molecule has 0 fully saturated rings. The predicted molar refractivity (Wildman–Crippen MR) is 144 cm³/mol. The summed E-state index contributed by atoms with van der Waals surface area (Å²) >= 11 is 0. The van der Waals surface area contributed by atoms with Crippen molar-refractivity contribution in [2.45, 2.75) is 12.8 Å². The van der Waals surface area contributed by atoms with Gasteiger partial charge in [0.1, 0.15) is 5.75 Å². The Bertz CT molecular complexity index is 1260. The summed E-state index contributed by atoms with van der Waals surface area (Å²) in [6.07, 6.45) is 1.19. The average Bonchev–Trinajstić information content (AvgIpc) is 2.96. The monoisotopic (exact) mass is 522 g/mol. The molecule has 0 bridgehead atoms. The van der Waals surface area contributed by atoms with Gasteiger partial charge in [-0.25, -0.2) is 0 Å². The Morgan fingerprint density at radius 3 is 1.47 bits per heavy atom. The van der Waals surface area contributed by atoms with Gasteiger partial charge in [0.25, 0.3) is 11.8 Å². The zero-order valence-corrected chi connectivity index (χ0v) is 22.4. The van der Waals surface area contributed by atoms with E-state index in [1.165, 1.54) is 13.2 Å². The number of hydrogen-bond acceptors (Lipinski definition) is 7. The zero-order valence-electron chi connectivity index (χ0n) is 22.4. The van der Waals surface area contributed by atoms with Gasteiger partial charge in [0.15, 0.2) is 23.0 Å². The van der Waals surface area contributed by atoms with Gasteiger partial charge >= 0.3 is 0 Å². The third-order valence-electron chi connectivity index (χ3n) is 6.00. The van der Waals surface area contributed by atoms with E-state index in [1.54, 1.807) is 40.6 Å². The van der Waals surface area contributed by atoms with E-state index >= 15 is 0 Å². The molecule has 0 saturated carbocycles. The third-order valence-corrected chi connectivity index (χ3v) is 6.00. The fourth-order valence-electron chi connectivity index (χ4n) is 3.94. The Morgan fingerprint density at radius 1 is 0.553 bits per heavy atom. The van der Waals surface area contributed by atoms with E-state index in [9.17, 15) is 9.59 Å². The van der Waals surface area contributed by atoms with Crippen molar-refractivity contribution in [1.82, 2.24) is 10.6 Å². The van der Waals surface area contributed by atoms with Crippen molar-refractivity contribution in [3.05, 3.63) is 76.9 Å². The largest absolute Gasteiger partial charge is 0.496 e. The lowest BCUT2D eigenvalue weighted by molar-refractivity contribution is 0.0951. The van der Waals surface area contributed by atoms with Crippen molar-refractivity contribution in [3.63, 3.8) is 0 Å². The van der Waals surface area contributed by atoms with Gasteiger partial charge in [0, 0.05) is 18.7 Å². The van der Waals surface area contributed by atoms with Gasteiger partial charge in [-0.3, -0.25) is 9.59 Å². The van der Waals surface area contributed by atoms with E-state index in [0.29, 0.717) is 60.2 Å². The van der Waals surface area contributed by atoms with Crippen LogP contribution in [0.25, 0.3) is 0 Å². The van der Waals surface area contributed by atoms with Gasteiger partial charge < -0.3 is 34.3 Å². The zero-order chi connectivity index (χ0) is 27.5. The quantitative estimate of drug-likeness (QED) is 0.353. The summed E-state index contributed by atoms with van der Waals surface area (Å²) in [6, 6.07) is 16.0. The molecule has 9 heteroatoms. The topological polar surface area (TPSA) is 104 Å². The van der Waals surface area contributed by atoms with E-state index < -0.39 is 0 Å². The van der Waals surface area contributed by atoms with Crippen LogP contribution in [0.2, 0.25) is 0 Å². The first-order valence-electron chi connectivity index (χ1n) is 12.1. The van der Waals surface area contributed by atoms with Crippen molar-refractivity contribution in [2.75, 3.05) is 48.6 Å². The molecule has 0 saturated heterocycles. The molecule has 0 spiro atoms. The molecule has 0 atom stereocenters. The van der Waals surface area contributed by atoms with E-state index in [-0.39, 0.29) is 17.4 Å². The van der Waals surface area contributed by atoms with Crippen LogP contribution in [0.15, 0.2) is 54.6 Å². The van der Waals surface area contributed by atoms with Crippen molar-refractivity contribution in [1.29, 1.82) is 0 Å². The Labute approximate surface area is 223 Å². The number of carbonyl (C=O) groups is 2. The molecule has 202 valence electrons. The number of rotatable bonds is 13. The second-order valence-electron chi connectivity index (χ2n) is 8.31. The lowest BCUT2D eigenvalue weighted by Gasteiger charge is -2.13. The Morgan fingerprint density at radius 2 is 1.00 bits per heavy atom. The lowest BCUT2D eigenvalue weighted by atomic mass is 10.1. The highest BCUT2D eigenvalue weighted by atomic mass is 16.5. The molecule has 0 radical (unpaired) electrons. The van der Waals surface area contributed by atoms with Crippen LogP contribution >= 0.6 is 0 Å². The van der Waals surface area contributed by atoms with E-state index in [1.807, 2.05) is 36.4 Å². The van der Waals surface area contributed by atoms with Crippen LogP contribution in [0.1, 0.15) is 31.8 Å². The molecule has 0 unspecified atom stereocenters. The molecule has 0 aliphatic heterocycles. The van der Waals surface area contributed by atoms with Crippen LogP contribution in [-0.4, -0.2) is 60.5 Å². The number of amides is 2. The number of carbonyl (C=O) groups excluding carboxylic acids is 2. The summed E-state index contributed by atoms with van der Waals surface area (Å²) < 4.78 is 26.5. The van der Waals surface area contributed by atoms with Gasteiger partial charge in [-0.15, -0.1) is 0 Å². The molecule has 0 heterocycles. The van der Waals surface area contributed by atoms with E-state index in [2.05, 4.69) is 10.6 Å². The second kappa shape index (κ2) is 13.8. The van der Waals surface area contributed by atoms with Gasteiger partial charge in [-0.2, -0.15) is 0 Å². The average molecular weight is 523 g/mol. The molecular weight excluding hydrogens is 488 g/mol. The van der Waals surface area contributed by atoms with Crippen molar-refractivity contribution < 1.29 is 33.3 Å². The maximum Gasteiger partial charge on any atom is 0.255 e. The van der Waals surface area contributed by atoms with Crippen LogP contribution in [0.4, 0.5) is 0 Å². The molecule has 3 aromatic carbocycles. The fourth-order valence-corrected chi connectivity index (χ4v) is 3.94. The predicted octanol–water partition coefficient (Wildman–Crippen LogP) is 3.67. The lowest BCUT2D eigenvalue weighted by Crippen LogP contribution is -2.28. The summed E-state index contributed by atoms with van der Waals surface area (Å²) in [6.45, 7) is 0.798. The van der Waals surface area contributed by atoms with Crippen molar-refractivity contribution in [2.24, 2.45) is 0 Å². The molecule has 3 rings (SSSR count). The Hall–Kier alpha value is -4.40. The fraction of sp³-hybridized carbons (Fsp3) is 0.310. The van der Waals surface area contributed by atoms with Crippen LogP contribution in [0.3, 0.4) is 0 Å². The molecular formula is C29H34N2O7. The minimum atomic E-state index is -0.331. The first-order valence-corrected chi connectivity index (χ1v) is 12.1. The summed E-state index contributed by atoms with van der Waals surface area (Å²) in [4.78, 5) is 25.7. The van der Waals surface area contributed by atoms with Crippen LogP contribution < -0.4 is 34.3 Å². The SMILES string of the molecule is COc1ccc(CCNC(=O)c2ccc(OC)c(C(=O)NCCc3ccc(OC)c(OC)c3)c2)cc1OC. The summed E-state index contributed by atoms with van der Waals surface area (Å²) in [5.74, 6) is 2.32. The standard InChI is InChI=1S/C29H34N2O7/c1-34-23-11-8-21(28(32)30-14-12-19-6-9-24(35-2)26(16-19)37-4)18-22(23)29(33)31-15-13-20-7-10-25(36-3)27(17-20)38-5/h6-11,16-18H,12-15H2,1-5H3,(H,30,32)(H,31,33). The highest BCUT2D eigenvalue weighted by Gasteiger charge is 2.16. The molecule has 38 heavy (non-hydrogen) atoms. The van der Waals surface area contributed by atoms with Crippen LogP contribution in [0, 0.1) is 0 Å². The number of nitrogens with one attached hydrogen (secondary N) is 2. The Balaban J connectivity index is 1.59. The molecule has 2 amide bonds. The van der Waals surface area contributed by atoms with Gasteiger partial charge in [0.2, 0.25) is 0 Å².